The van der Waals surface area contributed by atoms with Gasteiger partial charge < -0.3 is 4.74 Å². The number of thioether (sulfide) groups is 1. The fraction of sp³-hybridized carbons (Fsp3) is 0.364. The van der Waals surface area contributed by atoms with Crippen molar-refractivity contribution in [2.75, 3.05) is 12.4 Å². The summed E-state index contributed by atoms with van der Waals surface area (Å²) in [5.74, 6) is -1.25. The maximum atomic E-state index is 12.0. The second-order valence-electron chi connectivity index (χ2n) is 3.76. The van der Waals surface area contributed by atoms with Crippen molar-refractivity contribution in [1.82, 2.24) is 0 Å². The van der Waals surface area contributed by atoms with Crippen molar-refractivity contribution in [3.05, 3.63) is 32.3 Å². The molecular formula is C11H9BrF3NO4S. The molecular weight excluding hydrogens is 379 g/mol. The fourth-order valence-electron chi connectivity index (χ4n) is 1.43. The molecule has 10 heteroatoms. The molecule has 0 aliphatic carbocycles. The third-order valence-electron chi connectivity index (χ3n) is 2.21. The van der Waals surface area contributed by atoms with Gasteiger partial charge in [-0.15, -0.1) is 0 Å². The number of benzene rings is 1. The zero-order valence-electron chi connectivity index (χ0n) is 10.6. The average Bonchev–Trinajstić information content (AvgIpc) is 2.33. The van der Waals surface area contributed by atoms with Crippen LogP contribution in [0.3, 0.4) is 0 Å². The molecule has 5 nitrogen and oxygen atoms in total. The molecule has 116 valence electrons. The standard InChI is InChI=1S/C11H9BrF3NO4S/c1-6(17)8-4-7(12)5-9(16(18)19)10(8)20-2-3-21-11(13,14)15/h4-5H,2-3H2,1H3. The minimum absolute atomic E-state index is 0.0620. The first-order valence-corrected chi connectivity index (χ1v) is 7.22. The Morgan fingerprint density at radius 2 is 2.10 bits per heavy atom. The molecule has 21 heavy (non-hydrogen) atoms. The number of carbonyl (C=O) groups excluding carboxylic acids is 1. The van der Waals surface area contributed by atoms with Gasteiger partial charge in [0, 0.05) is 16.3 Å². The van der Waals surface area contributed by atoms with Crippen LogP contribution >= 0.6 is 27.7 Å². The Morgan fingerprint density at radius 1 is 1.48 bits per heavy atom. The lowest BCUT2D eigenvalue weighted by atomic mass is 10.1. The summed E-state index contributed by atoms with van der Waals surface area (Å²) in [6.45, 7) is 0.774. The lowest BCUT2D eigenvalue weighted by Crippen LogP contribution is -2.10. The summed E-state index contributed by atoms with van der Waals surface area (Å²) in [6.07, 6.45) is 0. The number of nitro groups is 1. The normalized spacial score (nSPS) is 11.3. The summed E-state index contributed by atoms with van der Waals surface area (Å²) >= 11 is 2.72. The molecule has 0 saturated carbocycles. The van der Waals surface area contributed by atoms with Crippen LogP contribution in [0.2, 0.25) is 0 Å². The molecule has 0 saturated heterocycles. The zero-order chi connectivity index (χ0) is 16.2. The highest BCUT2D eigenvalue weighted by molar-refractivity contribution is 9.10. The predicted octanol–water partition coefficient (Wildman–Crippen LogP) is 4.19. The third-order valence-corrected chi connectivity index (χ3v) is 3.36. The molecule has 0 unspecified atom stereocenters. The van der Waals surface area contributed by atoms with E-state index in [9.17, 15) is 28.1 Å². The summed E-state index contributed by atoms with van der Waals surface area (Å²) < 4.78 is 41.3. The van der Waals surface area contributed by atoms with E-state index in [0.29, 0.717) is 4.47 Å². The van der Waals surface area contributed by atoms with E-state index in [-0.39, 0.29) is 23.1 Å². The Kier molecular flexibility index (Phi) is 6.02. The third kappa shape index (κ3) is 5.54. The van der Waals surface area contributed by atoms with Crippen LogP contribution in [0.1, 0.15) is 17.3 Å². The molecule has 1 rings (SSSR count). The van der Waals surface area contributed by atoms with Gasteiger partial charge >= 0.3 is 11.2 Å². The van der Waals surface area contributed by atoms with Crippen LogP contribution in [-0.4, -0.2) is 28.6 Å². The number of nitrogens with zero attached hydrogens (tertiary/aromatic N) is 1. The minimum Gasteiger partial charge on any atom is -0.485 e. The van der Waals surface area contributed by atoms with Gasteiger partial charge in [-0.05, 0) is 24.8 Å². The summed E-state index contributed by atoms with van der Waals surface area (Å²) in [6, 6.07) is 2.44. The quantitative estimate of drug-likeness (QED) is 0.316. The van der Waals surface area contributed by atoms with Crippen molar-refractivity contribution in [2.45, 2.75) is 12.4 Å². The molecule has 1 aromatic carbocycles. The number of alkyl halides is 3. The number of hydrogen-bond acceptors (Lipinski definition) is 5. The minimum atomic E-state index is -4.40. The molecule has 0 bridgehead atoms. The van der Waals surface area contributed by atoms with Crippen LogP contribution in [0.4, 0.5) is 18.9 Å². The highest BCUT2D eigenvalue weighted by atomic mass is 79.9. The van der Waals surface area contributed by atoms with Crippen LogP contribution in [0.15, 0.2) is 16.6 Å². The van der Waals surface area contributed by atoms with E-state index in [1.165, 1.54) is 13.0 Å². The first-order chi connectivity index (χ1) is 9.61. The molecule has 0 aliphatic heterocycles. The number of rotatable bonds is 6. The van der Waals surface area contributed by atoms with Gasteiger partial charge in [0.25, 0.3) is 0 Å². The molecule has 0 amide bonds. The SMILES string of the molecule is CC(=O)c1cc(Br)cc([N+](=O)[O-])c1OCCSC(F)(F)F. The second-order valence-corrected chi connectivity index (χ2v) is 5.83. The Balaban J connectivity index is 2.98. The second kappa shape index (κ2) is 7.12. The molecule has 0 spiro atoms. The molecule has 0 aliphatic rings. The number of ketones is 1. The van der Waals surface area contributed by atoms with E-state index in [4.69, 9.17) is 4.74 Å². The topological polar surface area (TPSA) is 69.4 Å². The molecule has 1 aromatic rings. The lowest BCUT2D eigenvalue weighted by molar-refractivity contribution is -0.385. The molecule has 0 atom stereocenters. The van der Waals surface area contributed by atoms with Crippen LogP contribution in [0.5, 0.6) is 5.75 Å². The molecule has 0 aromatic heterocycles. The number of Topliss-reactive ketones (excluding diaryl/α,β-unsaturated/α-hetero) is 1. The van der Waals surface area contributed by atoms with E-state index in [0.717, 1.165) is 6.07 Å². The van der Waals surface area contributed by atoms with E-state index in [1.807, 2.05) is 0 Å². The van der Waals surface area contributed by atoms with Gasteiger partial charge in [0.05, 0.1) is 17.1 Å². The summed E-state index contributed by atoms with van der Waals surface area (Å²) in [5.41, 5.74) is -4.95. The number of nitro benzene ring substituents is 1. The number of carbonyl (C=O) groups is 1. The van der Waals surface area contributed by atoms with E-state index < -0.39 is 34.3 Å². The highest BCUT2D eigenvalue weighted by Crippen LogP contribution is 2.35. The highest BCUT2D eigenvalue weighted by Gasteiger charge is 2.28. The smallest absolute Gasteiger partial charge is 0.441 e. The van der Waals surface area contributed by atoms with Crippen molar-refractivity contribution in [3.8, 4) is 5.75 Å². The van der Waals surface area contributed by atoms with Gasteiger partial charge in [0.1, 0.15) is 0 Å². The molecule has 0 N–H and O–H groups in total. The van der Waals surface area contributed by atoms with Crippen molar-refractivity contribution < 1.29 is 27.6 Å². The maximum absolute atomic E-state index is 12.0. The predicted molar refractivity (Wildman–Crippen MR) is 74.8 cm³/mol. The van der Waals surface area contributed by atoms with E-state index in [2.05, 4.69) is 15.9 Å². The van der Waals surface area contributed by atoms with Crippen molar-refractivity contribution >= 4 is 39.2 Å². The summed E-state index contributed by atoms with van der Waals surface area (Å²) in [4.78, 5) is 21.7. The largest absolute Gasteiger partial charge is 0.485 e. The van der Waals surface area contributed by atoms with Crippen LogP contribution < -0.4 is 4.74 Å². The van der Waals surface area contributed by atoms with Gasteiger partial charge in [-0.2, -0.15) is 13.2 Å². The fourth-order valence-corrected chi connectivity index (χ4v) is 2.27. The van der Waals surface area contributed by atoms with Gasteiger partial charge in [0.2, 0.25) is 5.75 Å². The number of halogens is 4. The van der Waals surface area contributed by atoms with Crippen LogP contribution in [0, 0.1) is 10.1 Å². The molecule has 0 heterocycles. The average molecular weight is 388 g/mol. The van der Waals surface area contributed by atoms with Crippen LogP contribution in [0.25, 0.3) is 0 Å². The first-order valence-electron chi connectivity index (χ1n) is 5.44. The van der Waals surface area contributed by atoms with Crippen LogP contribution in [-0.2, 0) is 0 Å². The zero-order valence-corrected chi connectivity index (χ0v) is 13.0. The summed E-state index contributed by atoms with van der Waals surface area (Å²) in [5, 5.41) is 10.9. The lowest BCUT2D eigenvalue weighted by Gasteiger charge is -2.11. The number of hydrogen-bond donors (Lipinski definition) is 0. The Bertz CT molecular complexity index is 530. The molecule has 0 radical (unpaired) electrons. The van der Waals surface area contributed by atoms with Crippen molar-refractivity contribution in [2.24, 2.45) is 0 Å². The van der Waals surface area contributed by atoms with Gasteiger partial charge in [-0.25, -0.2) is 0 Å². The Hall–Kier alpha value is -1.29. The van der Waals surface area contributed by atoms with E-state index in [1.54, 1.807) is 0 Å². The van der Waals surface area contributed by atoms with E-state index >= 15 is 0 Å². The molecule has 0 fully saturated rings. The Morgan fingerprint density at radius 3 is 2.57 bits per heavy atom. The van der Waals surface area contributed by atoms with Crippen molar-refractivity contribution in [3.63, 3.8) is 0 Å². The van der Waals surface area contributed by atoms with Crippen molar-refractivity contribution in [1.29, 1.82) is 0 Å². The first kappa shape index (κ1) is 17.8. The Labute approximate surface area is 130 Å². The van der Waals surface area contributed by atoms with Gasteiger partial charge in [-0.3, -0.25) is 14.9 Å². The summed E-state index contributed by atoms with van der Waals surface area (Å²) in [7, 11) is 0. The monoisotopic (exact) mass is 387 g/mol. The maximum Gasteiger partial charge on any atom is 0.441 e. The van der Waals surface area contributed by atoms with Gasteiger partial charge in [0.15, 0.2) is 5.78 Å². The number of ether oxygens (including phenoxy) is 1. The van der Waals surface area contributed by atoms with Gasteiger partial charge in [-0.1, -0.05) is 15.9 Å².